The normalized spacial score (nSPS) is 15.3. The standard InChI is InChI=1S/C10H15N3O3/c1-16-5-4-8-9(10(14)15)11-12-13(8)6-7-2-3-7/h7H,2-6H2,1H3,(H,14,15). The van der Waals surface area contributed by atoms with Gasteiger partial charge in [0.05, 0.1) is 12.3 Å². The lowest BCUT2D eigenvalue weighted by Crippen LogP contribution is -2.11. The van der Waals surface area contributed by atoms with Gasteiger partial charge in [-0.2, -0.15) is 0 Å². The molecule has 1 heterocycles. The van der Waals surface area contributed by atoms with Crippen LogP contribution >= 0.6 is 0 Å². The monoisotopic (exact) mass is 225 g/mol. The highest BCUT2D eigenvalue weighted by molar-refractivity contribution is 5.86. The lowest BCUT2D eigenvalue weighted by Gasteiger charge is -2.05. The van der Waals surface area contributed by atoms with Crippen molar-refractivity contribution >= 4 is 5.97 Å². The molecule has 0 radical (unpaired) electrons. The van der Waals surface area contributed by atoms with Crippen LogP contribution in [0.15, 0.2) is 0 Å². The SMILES string of the molecule is COCCc1c(C(=O)O)nnn1CC1CC1. The van der Waals surface area contributed by atoms with E-state index in [9.17, 15) is 4.79 Å². The third-order valence-corrected chi connectivity index (χ3v) is 2.71. The van der Waals surface area contributed by atoms with Gasteiger partial charge in [0.25, 0.3) is 0 Å². The summed E-state index contributed by atoms with van der Waals surface area (Å²) in [5.41, 5.74) is 0.721. The summed E-state index contributed by atoms with van der Waals surface area (Å²) in [6.45, 7) is 1.26. The van der Waals surface area contributed by atoms with E-state index in [0.29, 0.717) is 24.6 Å². The van der Waals surface area contributed by atoms with E-state index in [-0.39, 0.29) is 5.69 Å². The number of hydrogen-bond acceptors (Lipinski definition) is 4. The number of carboxylic acid groups (broad SMARTS) is 1. The van der Waals surface area contributed by atoms with Gasteiger partial charge < -0.3 is 9.84 Å². The zero-order valence-electron chi connectivity index (χ0n) is 9.22. The van der Waals surface area contributed by atoms with Gasteiger partial charge in [-0.25, -0.2) is 9.48 Å². The number of methoxy groups -OCH3 is 1. The summed E-state index contributed by atoms with van der Waals surface area (Å²) in [4.78, 5) is 10.9. The molecule has 1 N–H and O–H groups in total. The lowest BCUT2D eigenvalue weighted by molar-refractivity contribution is 0.0688. The molecular formula is C10H15N3O3. The molecule has 0 unspecified atom stereocenters. The van der Waals surface area contributed by atoms with Gasteiger partial charge in [-0.3, -0.25) is 0 Å². The van der Waals surface area contributed by atoms with E-state index in [1.807, 2.05) is 0 Å². The fourth-order valence-electron chi connectivity index (χ4n) is 1.64. The molecule has 1 aliphatic carbocycles. The van der Waals surface area contributed by atoms with Crippen LogP contribution in [0.4, 0.5) is 0 Å². The molecule has 88 valence electrons. The summed E-state index contributed by atoms with van der Waals surface area (Å²) in [5.74, 6) is -0.377. The lowest BCUT2D eigenvalue weighted by atomic mass is 10.2. The van der Waals surface area contributed by atoms with Crippen LogP contribution in [0, 0.1) is 5.92 Å². The van der Waals surface area contributed by atoms with Crippen LogP contribution in [-0.4, -0.2) is 39.8 Å². The Morgan fingerprint density at radius 3 is 2.94 bits per heavy atom. The number of carboxylic acids is 1. The van der Waals surface area contributed by atoms with Crippen molar-refractivity contribution in [3.8, 4) is 0 Å². The number of aromatic nitrogens is 3. The van der Waals surface area contributed by atoms with Crippen LogP contribution in [0.2, 0.25) is 0 Å². The fraction of sp³-hybridized carbons (Fsp3) is 0.700. The highest BCUT2D eigenvalue weighted by Gasteiger charge is 2.26. The smallest absolute Gasteiger partial charge is 0.358 e. The highest BCUT2D eigenvalue weighted by Crippen LogP contribution is 2.30. The Hall–Kier alpha value is -1.43. The molecule has 1 aromatic heterocycles. The van der Waals surface area contributed by atoms with Gasteiger partial charge in [0.1, 0.15) is 0 Å². The first-order valence-corrected chi connectivity index (χ1v) is 5.37. The summed E-state index contributed by atoms with van der Waals surface area (Å²) >= 11 is 0. The third-order valence-electron chi connectivity index (χ3n) is 2.71. The van der Waals surface area contributed by atoms with E-state index >= 15 is 0 Å². The number of carbonyl (C=O) groups is 1. The second kappa shape index (κ2) is 4.61. The van der Waals surface area contributed by atoms with Crippen molar-refractivity contribution in [1.29, 1.82) is 0 Å². The summed E-state index contributed by atoms with van der Waals surface area (Å²) in [5, 5.41) is 16.6. The minimum Gasteiger partial charge on any atom is -0.476 e. The predicted octanol–water partition coefficient (Wildman–Crippen LogP) is 0.575. The van der Waals surface area contributed by atoms with E-state index in [1.54, 1.807) is 11.8 Å². The molecule has 0 bridgehead atoms. The van der Waals surface area contributed by atoms with E-state index in [2.05, 4.69) is 10.3 Å². The average molecular weight is 225 g/mol. The molecule has 2 rings (SSSR count). The molecule has 1 aliphatic rings. The first-order chi connectivity index (χ1) is 7.72. The summed E-state index contributed by atoms with van der Waals surface area (Å²) in [6.07, 6.45) is 2.94. The second-order valence-electron chi connectivity index (χ2n) is 4.06. The topological polar surface area (TPSA) is 77.2 Å². The number of aromatic carboxylic acids is 1. The van der Waals surface area contributed by atoms with Gasteiger partial charge in [0.15, 0.2) is 5.69 Å². The molecular weight excluding hydrogens is 210 g/mol. The zero-order valence-corrected chi connectivity index (χ0v) is 9.22. The Morgan fingerprint density at radius 2 is 2.38 bits per heavy atom. The Labute approximate surface area is 93.2 Å². The maximum Gasteiger partial charge on any atom is 0.358 e. The molecule has 0 saturated heterocycles. The van der Waals surface area contributed by atoms with Gasteiger partial charge in [-0.05, 0) is 18.8 Å². The predicted molar refractivity (Wildman–Crippen MR) is 55.3 cm³/mol. The van der Waals surface area contributed by atoms with Gasteiger partial charge >= 0.3 is 5.97 Å². The molecule has 0 aromatic carbocycles. The van der Waals surface area contributed by atoms with Crippen molar-refractivity contribution < 1.29 is 14.6 Å². The van der Waals surface area contributed by atoms with Crippen LogP contribution in [0.3, 0.4) is 0 Å². The van der Waals surface area contributed by atoms with E-state index in [0.717, 1.165) is 6.54 Å². The van der Waals surface area contributed by atoms with Crippen molar-refractivity contribution in [2.75, 3.05) is 13.7 Å². The third kappa shape index (κ3) is 2.38. The van der Waals surface area contributed by atoms with E-state index in [4.69, 9.17) is 9.84 Å². The van der Waals surface area contributed by atoms with Crippen LogP contribution in [0.25, 0.3) is 0 Å². The first kappa shape index (κ1) is 11.1. The fourth-order valence-corrected chi connectivity index (χ4v) is 1.64. The van der Waals surface area contributed by atoms with Gasteiger partial charge in [-0.1, -0.05) is 5.21 Å². The van der Waals surface area contributed by atoms with Gasteiger partial charge in [-0.15, -0.1) is 5.10 Å². The Kier molecular flexibility index (Phi) is 3.19. The van der Waals surface area contributed by atoms with Crippen molar-refractivity contribution in [3.05, 3.63) is 11.4 Å². The molecule has 16 heavy (non-hydrogen) atoms. The Morgan fingerprint density at radius 1 is 1.62 bits per heavy atom. The van der Waals surface area contributed by atoms with Crippen molar-refractivity contribution in [2.24, 2.45) is 5.92 Å². The molecule has 1 aromatic rings. The van der Waals surface area contributed by atoms with Crippen LogP contribution in [0.1, 0.15) is 29.0 Å². The first-order valence-electron chi connectivity index (χ1n) is 5.37. The molecule has 0 spiro atoms. The quantitative estimate of drug-likeness (QED) is 0.766. The Bertz CT molecular complexity index is 385. The maximum atomic E-state index is 10.9. The van der Waals surface area contributed by atoms with Gasteiger partial charge in [0, 0.05) is 20.1 Å². The second-order valence-corrected chi connectivity index (χ2v) is 4.06. The number of ether oxygens (including phenoxy) is 1. The maximum absolute atomic E-state index is 10.9. The summed E-state index contributed by atoms with van der Waals surface area (Å²) in [6, 6.07) is 0. The summed E-state index contributed by atoms with van der Waals surface area (Å²) < 4.78 is 6.67. The number of nitrogens with zero attached hydrogens (tertiary/aromatic N) is 3. The van der Waals surface area contributed by atoms with Crippen LogP contribution < -0.4 is 0 Å². The van der Waals surface area contributed by atoms with E-state index < -0.39 is 5.97 Å². The minimum absolute atomic E-state index is 0.0534. The number of hydrogen-bond donors (Lipinski definition) is 1. The van der Waals surface area contributed by atoms with Crippen LogP contribution in [0.5, 0.6) is 0 Å². The van der Waals surface area contributed by atoms with Crippen molar-refractivity contribution in [3.63, 3.8) is 0 Å². The molecule has 1 saturated carbocycles. The van der Waals surface area contributed by atoms with Crippen molar-refractivity contribution in [2.45, 2.75) is 25.8 Å². The van der Waals surface area contributed by atoms with Gasteiger partial charge in [0.2, 0.25) is 0 Å². The zero-order chi connectivity index (χ0) is 11.5. The van der Waals surface area contributed by atoms with Crippen LogP contribution in [-0.2, 0) is 17.7 Å². The van der Waals surface area contributed by atoms with Crippen molar-refractivity contribution in [1.82, 2.24) is 15.0 Å². The highest BCUT2D eigenvalue weighted by atomic mass is 16.5. The molecule has 6 nitrogen and oxygen atoms in total. The molecule has 0 aliphatic heterocycles. The summed E-state index contributed by atoms with van der Waals surface area (Å²) in [7, 11) is 1.59. The Balaban J connectivity index is 2.17. The van der Waals surface area contributed by atoms with E-state index in [1.165, 1.54) is 12.8 Å². The number of rotatable bonds is 6. The molecule has 0 amide bonds. The largest absolute Gasteiger partial charge is 0.476 e. The average Bonchev–Trinajstić information content (AvgIpc) is 2.95. The molecule has 0 atom stereocenters. The minimum atomic E-state index is -1.02. The molecule has 6 heteroatoms. The molecule has 1 fully saturated rings.